The SMILES string of the molecule is C=Cc1cc(-c2cccc(-c3c4ccccc4c(-c4cc5c6ccccc6c6ccccc6c5c5ccccc45)c4ccccc34)c2)ccc1CCC. The minimum atomic E-state index is 1.06. The molecule has 0 fully saturated rings. The van der Waals surface area contributed by atoms with Crippen molar-refractivity contribution < 1.29 is 0 Å². The van der Waals surface area contributed by atoms with Gasteiger partial charge in [0.25, 0.3) is 0 Å². The highest BCUT2D eigenvalue weighted by atomic mass is 14.2. The fraction of sp³-hybridized carbons (Fsp3) is 0.0566. The van der Waals surface area contributed by atoms with E-state index in [2.05, 4.69) is 183 Å². The van der Waals surface area contributed by atoms with E-state index < -0.39 is 0 Å². The average Bonchev–Trinajstić information content (AvgIpc) is 3.22. The Kier molecular flexibility index (Phi) is 7.44. The van der Waals surface area contributed by atoms with Gasteiger partial charge in [0.15, 0.2) is 0 Å². The minimum Gasteiger partial charge on any atom is -0.0985 e. The molecule has 0 heteroatoms. The molecule has 0 aliphatic carbocycles. The molecular weight excluding hydrogens is 637 g/mol. The third-order valence-electron chi connectivity index (χ3n) is 11.3. The molecule has 0 heterocycles. The minimum absolute atomic E-state index is 1.06. The van der Waals surface area contributed by atoms with E-state index >= 15 is 0 Å². The standard InChI is InChI=1S/C53H38/c1-3-16-35-29-30-37(31-34(35)4-2)36-17-15-18-38(32-36)51-45-25-11-13-27-47(45)53(48-28-14-12-26-46(48)51)50-33-49-41-21-6-5-19-39(41)40-20-7-9-23-43(40)52(49)44-24-10-8-22-42(44)50/h4-15,17-33H,2-3,16H2,1H3. The molecule has 0 radical (unpaired) electrons. The number of fused-ring (bicyclic) bond motifs is 10. The van der Waals surface area contributed by atoms with E-state index in [1.54, 1.807) is 0 Å². The monoisotopic (exact) mass is 674 g/mol. The van der Waals surface area contributed by atoms with Gasteiger partial charge in [-0.25, -0.2) is 0 Å². The molecule has 10 rings (SSSR count). The molecule has 0 atom stereocenters. The van der Waals surface area contributed by atoms with Crippen molar-refractivity contribution in [3.63, 3.8) is 0 Å². The Labute approximate surface area is 310 Å². The fourth-order valence-corrected chi connectivity index (χ4v) is 9.02. The van der Waals surface area contributed by atoms with Crippen molar-refractivity contribution in [1.82, 2.24) is 0 Å². The van der Waals surface area contributed by atoms with Gasteiger partial charge in [-0.05, 0) is 134 Å². The highest BCUT2D eigenvalue weighted by molar-refractivity contribution is 6.34. The van der Waals surface area contributed by atoms with Crippen molar-refractivity contribution in [2.75, 3.05) is 0 Å². The molecule has 250 valence electrons. The van der Waals surface area contributed by atoms with E-state index in [-0.39, 0.29) is 0 Å². The van der Waals surface area contributed by atoms with Gasteiger partial charge in [0.2, 0.25) is 0 Å². The Bertz CT molecular complexity index is 3030. The molecule has 0 aromatic heterocycles. The molecule has 10 aromatic carbocycles. The molecule has 0 saturated carbocycles. The lowest BCUT2D eigenvalue weighted by Gasteiger charge is -2.21. The second-order valence-corrected chi connectivity index (χ2v) is 14.3. The summed E-state index contributed by atoms with van der Waals surface area (Å²) in [6.07, 6.45) is 4.18. The summed E-state index contributed by atoms with van der Waals surface area (Å²) in [6.45, 7) is 6.37. The lowest BCUT2D eigenvalue weighted by molar-refractivity contribution is 0.920. The number of benzene rings is 10. The number of hydrogen-bond donors (Lipinski definition) is 0. The van der Waals surface area contributed by atoms with Crippen LogP contribution in [0.4, 0.5) is 0 Å². The van der Waals surface area contributed by atoms with Gasteiger partial charge >= 0.3 is 0 Å². The van der Waals surface area contributed by atoms with Crippen LogP contribution in [-0.2, 0) is 6.42 Å². The predicted molar refractivity (Wildman–Crippen MR) is 232 cm³/mol. The van der Waals surface area contributed by atoms with Crippen molar-refractivity contribution in [2.24, 2.45) is 0 Å². The van der Waals surface area contributed by atoms with Crippen LogP contribution >= 0.6 is 0 Å². The maximum atomic E-state index is 4.14. The van der Waals surface area contributed by atoms with E-state index in [1.807, 2.05) is 6.08 Å². The Hall–Kier alpha value is -6.50. The average molecular weight is 675 g/mol. The van der Waals surface area contributed by atoms with Crippen LogP contribution in [0.25, 0.3) is 104 Å². The lowest BCUT2D eigenvalue weighted by atomic mass is 9.82. The Morgan fingerprint density at radius 3 is 1.47 bits per heavy atom. The molecular formula is C53H38. The van der Waals surface area contributed by atoms with Crippen LogP contribution in [0.5, 0.6) is 0 Å². The summed E-state index contributed by atoms with van der Waals surface area (Å²) in [5.74, 6) is 0. The zero-order valence-electron chi connectivity index (χ0n) is 29.9. The van der Waals surface area contributed by atoms with Crippen molar-refractivity contribution in [3.05, 3.63) is 188 Å². The van der Waals surface area contributed by atoms with Crippen molar-refractivity contribution in [1.29, 1.82) is 0 Å². The normalized spacial score (nSPS) is 11.7. The first kappa shape index (κ1) is 31.3. The second kappa shape index (κ2) is 12.6. The van der Waals surface area contributed by atoms with Crippen LogP contribution in [0.3, 0.4) is 0 Å². The van der Waals surface area contributed by atoms with Crippen molar-refractivity contribution in [2.45, 2.75) is 19.8 Å². The molecule has 0 saturated heterocycles. The van der Waals surface area contributed by atoms with Crippen LogP contribution in [0, 0.1) is 0 Å². The number of aryl methyl sites for hydroxylation is 1. The number of hydrogen-bond acceptors (Lipinski definition) is 0. The first-order chi connectivity index (χ1) is 26.2. The molecule has 0 bridgehead atoms. The summed E-state index contributed by atoms with van der Waals surface area (Å²) in [6, 6.07) is 63.3. The summed E-state index contributed by atoms with van der Waals surface area (Å²) in [4.78, 5) is 0. The zero-order chi connectivity index (χ0) is 35.5. The summed E-state index contributed by atoms with van der Waals surface area (Å²) < 4.78 is 0. The van der Waals surface area contributed by atoms with Crippen LogP contribution in [0.15, 0.2) is 176 Å². The Morgan fingerprint density at radius 2 is 0.868 bits per heavy atom. The quantitative estimate of drug-likeness (QED) is 0.122. The maximum absolute atomic E-state index is 4.14. The largest absolute Gasteiger partial charge is 0.0985 e. The maximum Gasteiger partial charge on any atom is -0.00199 e. The topological polar surface area (TPSA) is 0 Å². The lowest BCUT2D eigenvalue weighted by Crippen LogP contribution is -1.93. The molecule has 53 heavy (non-hydrogen) atoms. The first-order valence-electron chi connectivity index (χ1n) is 18.8. The van der Waals surface area contributed by atoms with Crippen LogP contribution < -0.4 is 0 Å². The van der Waals surface area contributed by atoms with Gasteiger partial charge in [0.1, 0.15) is 0 Å². The van der Waals surface area contributed by atoms with Gasteiger partial charge in [-0.3, -0.25) is 0 Å². The molecule has 10 aromatic rings. The number of rotatable bonds is 6. The van der Waals surface area contributed by atoms with Crippen LogP contribution in [0.1, 0.15) is 24.5 Å². The van der Waals surface area contributed by atoms with E-state index in [1.165, 1.54) is 109 Å². The summed E-state index contributed by atoms with van der Waals surface area (Å²) in [5.41, 5.74) is 10.1. The molecule has 0 N–H and O–H groups in total. The van der Waals surface area contributed by atoms with Crippen molar-refractivity contribution in [3.8, 4) is 33.4 Å². The smallest absolute Gasteiger partial charge is 0.00199 e. The van der Waals surface area contributed by atoms with Gasteiger partial charge in [0.05, 0.1) is 0 Å². The molecule has 0 spiro atoms. The molecule has 0 aliphatic heterocycles. The van der Waals surface area contributed by atoms with E-state index in [9.17, 15) is 0 Å². The van der Waals surface area contributed by atoms with Gasteiger partial charge in [0, 0.05) is 0 Å². The summed E-state index contributed by atoms with van der Waals surface area (Å²) in [5, 5.41) is 15.4. The van der Waals surface area contributed by atoms with Crippen molar-refractivity contribution >= 4 is 70.7 Å². The van der Waals surface area contributed by atoms with E-state index in [4.69, 9.17) is 0 Å². The Balaban J connectivity index is 1.29. The van der Waals surface area contributed by atoms with Gasteiger partial charge < -0.3 is 0 Å². The van der Waals surface area contributed by atoms with E-state index in [0.29, 0.717) is 0 Å². The zero-order valence-corrected chi connectivity index (χ0v) is 29.9. The van der Waals surface area contributed by atoms with Gasteiger partial charge in [-0.15, -0.1) is 0 Å². The fourth-order valence-electron chi connectivity index (χ4n) is 9.02. The van der Waals surface area contributed by atoms with Crippen LogP contribution in [-0.4, -0.2) is 0 Å². The Morgan fingerprint density at radius 1 is 0.396 bits per heavy atom. The van der Waals surface area contributed by atoms with Gasteiger partial charge in [-0.2, -0.15) is 0 Å². The van der Waals surface area contributed by atoms with Crippen LogP contribution in [0.2, 0.25) is 0 Å². The second-order valence-electron chi connectivity index (χ2n) is 14.3. The third kappa shape index (κ3) is 4.90. The molecule has 0 amide bonds. The highest BCUT2D eigenvalue weighted by Crippen LogP contribution is 2.48. The summed E-state index contributed by atoms with van der Waals surface area (Å²) in [7, 11) is 0. The molecule has 0 unspecified atom stereocenters. The third-order valence-corrected chi connectivity index (χ3v) is 11.3. The molecule has 0 nitrogen and oxygen atoms in total. The first-order valence-corrected chi connectivity index (χ1v) is 18.8. The predicted octanol–water partition coefficient (Wildman–Crippen LogP) is 15.2. The molecule has 0 aliphatic rings. The van der Waals surface area contributed by atoms with E-state index in [0.717, 1.165) is 12.8 Å². The summed E-state index contributed by atoms with van der Waals surface area (Å²) >= 11 is 0. The highest BCUT2D eigenvalue weighted by Gasteiger charge is 2.21. The van der Waals surface area contributed by atoms with Gasteiger partial charge in [-0.1, -0.05) is 178 Å².